The number of aryl methyl sites for hydroxylation is 1. The van der Waals surface area contributed by atoms with E-state index in [9.17, 15) is 0 Å². The number of nitrogens with zero attached hydrogens (tertiary/aromatic N) is 1. The lowest BCUT2D eigenvalue weighted by molar-refractivity contribution is 0.361. The minimum Gasteiger partial charge on any atom is -0.489 e. The number of hydrogen-bond donors (Lipinski definition) is 1. The van der Waals surface area contributed by atoms with Crippen molar-refractivity contribution >= 4 is 26.8 Å². The topological polar surface area (TPSA) is 37.9 Å². The maximum Gasteiger partial charge on any atom is 0.124 e. The van der Waals surface area contributed by atoms with Crippen LogP contribution in [0.5, 0.6) is 5.75 Å². The van der Waals surface area contributed by atoms with Crippen molar-refractivity contribution in [3.8, 4) is 5.75 Å². The van der Waals surface area contributed by atoms with Gasteiger partial charge in [-0.3, -0.25) is 5.10 Å². The molecule has 2 rings (SSSR count). The quantitative estimate of drug-likeness (QED) is 0.867. The molecule has 3 nitrogen and oxygen atoms in total. The number of nitrogens with one attached hydrogen (secondary N) is 1. The van der Waals surface area contributed by atoms with Crippen molar-refractivity contribution in [3.63, 3.8) is 0 Å². The molecule has 0 saturated carbocycles. The SMILES string of the molecule is C=CCOc1cc(Br)c2[nH]ncc2c1C. The van der Waals surface area contributed by atoms with Crippen LogP contribution < -0.4 is 4.74 Å². The Labute approximate surface area is 96.3 Å². The zero-order chi connectivity index (χ0) is 10.8. The predicted molar refractivity (Wildman–Crippen MR) is 64.2 cm³/mol. The van der Waals surface area contributed by atoms with Gasteiger partial charge in [-0.15, -0.1) is 0 Å². The van der Waals surface area contributed by atoms with Crippen LogP contribution in [0.2, 0.25) is 0 Å². The van der Waals surface area contributed by atoms with Gasteiger partial charge in [0, 0.05) is 15.4 Å². The molecule has 0 bridgehead atoms. The van der Waals surface area contributed by atoms with Gasteiger partial charge >= 0.3 is 0 Å². The number of fused-ring (bicyclic) bond motifs is 1. The lowest BCUT2D eigenvalue weighted by atomic mass is 10.1. The molecule has 0 amide bonds. The molecule has 0 aliphatic rings. The van der Waals surface area contributed by atoms with Crippen LogP contribution in [0, 0.1) is 6.92 Å². The zero-order valence-corrected chi connectivity index (χ0v) is 9.97. The summed E-state index contributed by atoms with van der Waals surface area (Å²) in [4.78, 5) is 0. The summed E-state index contributed by atoms with van der Waals surface area (Å²) in [6, 6.07) is 1.94. The van der Waals surface area contributed by atoms with E-state index >= 15 is 0 Å². The second-order valence-corrected chi connectivity index (χ2v) is 4.09. The maximum absolute atomic E-state index is 5.55. The molecule has 1 N–H and O–H groups in total. The second kappa shape index (κ2) is 4.06. The van der Waals surface area contributed by atoms with E-state index in [2.05, 4.69) is 32.7 Å². The van der Waals surface area contributed by atoms with Crippen molar-refractivity contribution in [2.45, 2.75) is 6.92 Å². The summed E-state index contributed by atoms with van der Waals surface area (Å²) in [6.45, 7) is 6.15. The van der Waals surface area contributed by atoms with Gasteiger partial charge < -0.3 is 4.74 Å². The highest BCUT2D eigenvalue weighted by atomic mass is 79.9. The third kappa shape index (κ3) is 1.77. The number of ether oxygens (including phenoxy) is 1. The van der Waals surface area contributed by atoms with Gasteiger partial charge in [0.05, 0.1) is 11.7 Å². The summed E-state index contributed by atoms with van der Waals surface area (Å²) in [5.74, 6) is 0.857. The normalized spacial score (nSPS) is 10.5. The number of benzene rings is 1. The lowest BCUT2D eigenvalue weighted by Gasteiger charge is -2.08. The van der Waals surface area contributed by atoms with Crippen LogP contribution in [0.15, 0.2) is 29.4 Å². The minimum atomic E-state index is 0.511. The molecule has 1 heterocycles. The zero-order valence-electron chi connectivity index (χ0n) is 8.38. The van der Waals surface area contributed by atoms with Crippen molar-refractivity contribution in [2.75, 3.05) is 6.61 Å². The number of H-pyrrole nitrogens is 1. The lowest BCUT2D eigenvalue weighted by Crippen LogP contribution is -1.95. The van der Waals surface area contributed by atoms with Crippen LogP contribution in [-0.2, 0) is 0 Å². The molecular formula is C11H11BrN2O. The van der Waals surface area contributed by atoms with Crippen molar-refractivity contribution in [3.05, 3.63) is 35.0 Å². The Bertz CT molecular complexity index is 505. The van der Waals surface area contributed by atoms with Crippen LogP contribution in [0.4, 0.5) is 0 Å². The number of aromatic nitrogens is 2. The van der Waals surface area contributed by atoms with E-state index in [1.54, 1.807) is 12.3 Å². The number of halogens is 1. The fraction of sp³-hybridized carbons (Fsp3) is 0.182. The van der Waals surface area contributed by atoms with Crippen molar-refractivity contribution < 1.29 is 4.74 Å². The van der Waals surface area contributed by atoms with E-state index < -0.39 is 0 Å². The molecule has 0 unspecified atom stereocenters. The van der Waals surface area contributed by atoms with Crippen LogP contribution in [0.25, 0.3) is 10.9 Å². The molecule has 2 aromatic rings. The molecule has 78 valence electrons. The van der Waals surface area contributed by atoms with Gasteiger partial charge in [-0.2, -0.15) is 5.10 Å². The molecule has 0 radical (unpaired) electrons. The summed E-state index contributed by atoms with van der Waals surface area (Å²) in [6.07, 6.45) is 3.53. The molecule has 0 saturated heterocycles. The van der Waals surface area contributed by atoms with Crippen LogP contribution in [0.3, 0.4) is 0 Å². The van der Waals surface area contributed by atoms with Crippen molar-refractivity contribution in [1.82, 2.24) is 10.2 Å². The molecule has 0 fully saturated rings. The van der Waals surface area contributed by atoms with Gasteiger partial charge in [-0.25, -0.2) is 0 Å². The Morgan fingerprint density at radius 2 is 2.47 bits per heavy atom. The van der Waals surface area contributed by atoms with Gasteiger partial charge in [-0.1, -0.05) is 12.7 Å². The number of aromatic amines is 1. The summed E-state index contributed by atoms with van der Waals surface area (Å²) in [5.41, 5.74) is 2.09. The molecule has 0 aliphatic heterocycles. The first-order chi connectivity index (χ1) is 7.24. The molecule has 1 aromatic heterocycles. The third-order valence-corrected chi connectivity index (χ3v) is 2.89. The van der Waals surface area contributed by atoms with Gasteiger partial charge in [0.2, 0.25) is 0 Å². The average Bonchev–Trinajstić information content (AvgIpc) is 2.70. The first kappa shape index (κ1) is 10.2. The second-order valence-electron chi connectivity index (χ2n) is 3.24. The molecule has 0 aliphatic carbocycles. The predicted octanol–water partition coefficient (Wildman–Crippen LogP) is 3.20. The monoisotopic (exact) mass is 266 g/mol. The van der Waals surface area contributed by atoms with Gasteiger partial charge in [-0.05, 0) is 28.9 Å². The minimum absolute atomic E-state index is 0.511. The standard InChI is InChI=1S/C11H11BrN2O/c1-3-4-15-10-5-9(12)11-8(7(10)2)6-13-14-11/h3,5-6H,1,4H2,2H3,(H,13,14). The Morgan fingerprint density at radius 3 is 3.20 bits per heavy atom. The molecular weight excluding hydrogens is 256 g/mol. The molecule has 0 spiro atoms. The average molecular weight is 267 g/mol. The van der Waals surface area contributed by atoms with Gasteiger partial charge in [0.15, 0.2) is 0 Å². The molecule has 15 heavy (non-hydrogen) atoms. The summed E-state index contributed by atoms with van der Waals surface area (Å²) < 4.78 is 6.51. The Balaban J connectivity index is 2.55. The van der Waals surface area contributed by atoms with Gasteiger partial charge in [0.25, 0.3) is 0 Å². The van der Waals surface area contributed by atoms with Crippen LogP contribution in [-0.4, -0.2) is 16.8 Å². The highest BCUT2D eigenvalue weighted by molar-refractivity contribution is 9.10. The Morgan fingerprint density at radius 1 is 1.67 bits per heavy atom. The fourth-order valence-electron chi connectivity index (χ4n) is 1.48. The van der Waals surface area contributed by atoms with E-state index in [4.69, 9.17) is 4.74 Å². The summed E-state index contributed by atoms with van der Waals surface area (Å²) in [5, 5.41) is 8.03. The van der Waals surface area contributed by atoms with Crippen molar-refractivity contribution in [2.24, 2.45) is 0 Å². The largest absolute Gasteiger partial charge is 0.489 e. The van der Waals surface area contributed by atoms with E-state index in [0.29, 0.717) is 6.61 Å². The highest BCUT2D eigenvalue weighted by Crippen LogP contribution is 2.32. The first-order valence-corrected chi connectivity index (χ1v) is 5.39. The highest BCUT2D eigenvalue weighted by Gasteiger charge is 2.09. The summed E-state index contributed by atoms with van der Waals surface area (Å²) in [7, 11) is 0. The van der Waals surface area contributed by atoms with E-state index in [-0.39, 0.29) is 0 Å². The molecule has 4 heteroatoms. The Hall–Kier alpha value is -1.29. The smallest absolute Gasteiger partial charge is 0.124 e. The summed E-state index contributed by atoms with van der Waals surface area (Å²) >= 11 is 3.48. The van der Waals surface area contributed by atoms with E-state index in [1.165, 1.54) is 0 Å². The van der Waals surface area contributed by atoms with E-state index in [1.807, 2.05) is 13.0 Å². The van der Waals surface area contributed by atoms with Gasteiger partial charge in [0.1, 0.15) is 12.4 Å². The number of rotatable bonds is 3. The molecule has 1 aromatic carbocycles. The van der Waals surface area contributed by atoms with Crippen LogP contribution >= 0.6 is 15.9 Å². The molecule has 0 atom stereocenters. The maximum atomic E-state index is 5.55. The van der Waals surface area contributed by atoms with Crippen LogP contribution in [0.1, 0.15) is 5.56 Å². The first-order valence-electron chi connectivity index (χ1n) is 4.60. The van der Waals surface area contributed by atoms with Crippen molar-refractivity contribution in [1.29, 1.82) is 0 Å². The number of hydrogen-bond acceptors (Lipinski definition) is 2. The third-order valence-electron chi connectivity index (χ3n) is 2.27. The van der Waals surface area contributed by atoms with E-state index in [0.717, 1.165) is 26.7 Å². The fourth-order valence-corrected chi connectivity index (χ4v) is 1.99. The Kier molecular flexibility index (Phi) is 2.77.